The van der Waals surface area contributed by atoms with Crippen molar-refractivity contribution >= 4 is 16.9 Å². The van der Waals surface area contributed by atoms with Gasteiger partial charge in [-0.05, 0) is 24.3 Å². The fraction of sp³-hybridized carbons (Fsp3) is 0.600. The lowest BCUT2D eigenvalue weighted by Gasteiger charge is -2.50. The molecule has 1 amide bonds. The van der Waals surface area contributed by atoms with E-state index in [4.69, 9.17) is 4.74 Å². The van der Waals surface area contributed by atoms with Gasteiger partial charge in [-0.15, -0.1) is 0 Å². The Bertz CT molecular complexity index is 780. The molecule has 140 valence electrons. The third-order valence-electron chi connectivity index (χ3n) is 5.33. The highest BCUT2D eigenvalue weighted by Crippen LogP contribution is 2.31. The second-order valence-electron chi connectivity index (χ2n) is 8.81. The van der Waals surface area contributed by atoms with Crippen LogP contribution in [0.15, 0.2) is 30.5 Å². The molecule has 1 aromatic carbocycles. The topological polar surface area (TPSA) is 59.4 Å². The number of hydrogen-bond donors (Lipinski definition) is 1. The van der Waals surface area contributed by atoms with Gasteiger partial charge in [0.1, 0.15) is 0 Å². The summed E-state index contributed by atoms with van der Waals surface area (Å²) in [6, 6.07) is 8.57. The highest BCUT2D eigenvalue weighted by molar-refractivity contribution is 5.89. The second-order valence-corrected chi connectivity index (χ2v) is 8.81. The molecule has 3 heterocycles. The summed E-state index contributed by atoms with van der Waals surface area (Å²) in [6.07, 6.45) is 3.60. The number of morpholine rings is 1. The molecule has 6 heteroatoms. The molecular formula is C20H28N4O2. The molecular weight excluding hydrogens is 328 g/mol. The Kier molecular flexibility index (Phi) is 4.49. The van der Waals surface area contributed by atoms with E-state index in [-0.39, 0.29) is 17.5 Å². The van der Waals surface area contributed by atoms with Gasteiger partial charge in [-0.1, -0.05) is 39.0 Å². The van der Waals surface area contributed by atoms with Gasteiger partial charge >= 0.3 is 6.03 Å². The van der Waals surface area contributed by atoms with Gasteiger partial charge in [0, 0.05) is 30.1 Å². The maximum atomic E-state index is 12.8. The molecule has 2 aromatic rings. The van der Waals surface area contributed by atoms with Crippen molar-refractivity contribution in [1.82, 2.24) is 20.0 Å². The molecule has 26 heavy (non-hydrogen) atoms. The number of piperidine rings is 1. The number of aromatic nitrogens is 2. The van der Waals surface area contributed by atoms with Gasteiger partial charge in [0.15, 0.2) is 0 Å². The first-order valence-electron chi connectivity index (χ1n) is 9.48. The Morgan fingerprint density at radius 3 is 2.62 bits per heavy atom. The summed E-state index contributed by atoms with van der Waals surface area (Å²) >= 11 is 0. The number of carbonyl (C=O) groups excluding carboxylic acids is 1. The normalized spacial score (nSPS) is 26.8. The Morgan fingerprint density at radius 2 is 1.92 bits per heavy atom. The van der Waals surface area contributed by atoms with Gasteiger partial charge in [-0.2, -0.15) is 9.78 Å². The third-order valence-corrected chi connectivity index (χ3v) is 5.33. The predicted molar refractivity (Wildman–Crippen MR) is 101 cm³/mol. The van der Waals surface area contributed by atoms with Gasteiger partial charge in [0.2, 0.25) is 0 Å². The largest absolute Gasteiger partial charge is 0.378 e. The monoisotopic (exact) mass is 356 g/mol. The van der Waals surface area contributed by atoms with Crippen LogP contribution in [0.1, 0.15) is 33.6 Å². The summed E-state index contributed by atoms with van der Waals surface area (Å²) in [7, 11) is 0. The van der Waals surface area contributed by atoms with Crippen molar-refractivity contribution in [3.8, 4) is 0 Å². The molecule has 2 fully saturated rings. The summed E-state index contributed by atoms with van der Waals surface area (Å²) in [5.74, 6) is 0. The van der Waals surface area contributed by atoms with Gasteiger partial charge in [0.25, 0.3) is 0 Å². The van der Waals surface area contributed by atoms with Gasteiger partial charge in [-0.25, -0.2) is 4.79 Å². The number of fused-ring (bicyclic) bond motifs is 3. The molecule has 2 aliphatic rings. The second kappa shape index (κ2) is 6.67. The summed E-state index contributed by atoms with van der Waals surface area (Å²) in [5, 5.41) is 8.45. The lowest BCUT2D eigenvalue weighted by atomic mass is 9.86. The van der Waals surface area contributed by atoms with Gasteiger partial charge in [0.05, 0.1) is 24.9 Å². The zero-order valence-electron chi connectivity index (χ0n) is 15.8. The van der Waals surface area contributed by atoms with Crippen LogP contribution in [0, 0.1) is 5.41 Å². The maximum Gasteiger partial charge on any atom is 0.342 e. The van der Waals surface area contributed by atoms with Crippen molar-refractivity contribution in [1.29, 1.82) is 0 Å². The minimum Gasteiger partial charge on any atom is -0.378 e. The Morgan fingerprint density at radius 1 is 1.23 bits per heavy atom. The van der Waals surface area contributed by atoms with E-state index in [1.54, 1.807) is 6.20 Å². The number of hydrogen-bond acceptors (Lipinski definition) is 4. The first kappa shape index (κ1) is 17.5. The van der Waals surface area contributed by atoms with Crippen LogP contribution < -0.4 is 5.32 Å². The Hall–Kier alpha value is -1.92. The average Bonchev–Trinajstić information content (AvgIpc) is 2.98. The van der Waals surface area contributed by atoms with Crippen LogP contribution in [0.2, 0.25) is 0 Å². The molecule has 2 bridgehead atoms. The number of benzene rings is 1. The van der Waals surface area contributed by atoms with Crippen LogP contribution in [0.5, 0.6) is 0 Å². The zero-order valence-corrected chi connectivity index (χ0v) is 15.8. The molecule has 1 N–H and O–H groups in total. The van der Waals surface area contributed by atoms with Crippen LogP contribution >= 0.6 is 0 Å². The Labute approximate surface area is 154 Å². The maximum absolute atomic E-state index is 12.8. The van der Waals surface area contributed by atoms with E-state index in [1.807, 2.05) is 24.3 Å². The molecule has 6 nitrogen and oxygen atoms in total. The van der Waals surface area contributed by atoms with E-state index >= 15 is 0 Å². The number of carbonyl (C=O) groups is 1. The predicted octanol–water partition coefficient (Wildman–Crippen LogP) is 2.87. The summed E-state index contributed by atoms with van der Waals surface area (Å²) < 4.78 is 7.27. The molecule has 0 saturated carbocycles. The molecule has 4 rings (SSSR count). The molecule has 0 radical (unpaired) electrons. The number of nitrogens with one attached hydrogen (secondary N) is 1. The van der Waals surface area contributed by atoms with E-state index in [1.165, 1.54) is 4.68 Å². The number of amides is 1. The minimum absolute atomic E-state index is 0.139. The summed E-state index contributed by atoms with van der Waals surface area (Å²) in [6.45, 7) is 9.41. The summed E-state index contributed by atoms with van der Waals surface area (Å²) in [4.78, 5) is 15.4. The van der Waals surface area contributed by atoms with Crippen LogP contribution in [0.25, 0.3) is 10.9 Å². The molecule has 0 spiro atoms. The van der Waals surface area contributed by atoms with E-state index in [0.717, 1.165) is 43.5 Å². The van der Waals surface area contributed by atoms with Crippen LogP contribution in [0.4, 0.5) is 4.79 Å². The van der Waals surface area contributed by atoms with Crippen LogP contribution in [-0.4, -0.2) is 58.6 Å². The summed E-state index contributed by atoms with van der Waals surface area (Å²) in [5.41, 5.74) is 1.11. The fourth-order valence-corrected chi connectivity index (χ4v) is 4.28. The smallest absolute Gasteiger partial charge is 0.342 e. The Balaban J connectivity index is 1.46. The quantitative estimate of drug-likeness (QED) is 0.899. The fourth-order valence-electron chi connectivity index (χ4n) is 4.28. The standard InChI is InChI=1S/C20H28N4O2/c1-20(2,3)13-23-16-8-15(9-17(23)12-26-11-16)22-19(25)24-18-7-5-4-6-14(18)10-21-24/h4-7,10,15-17H,8-9,11-13H2,1-3H3,(H,22,25). The molecule has 0 aliphatic carbocycles. The number of nitrogens with zero attached hydrogens (tertiary/aromatic N) is 3. The van der Waals surface area contributed by atoms with Crippen molar-refractivity contribution in [2.45, 2.75) is 51.7 Å². The van der Waals surface area contributed by atoms with Crippen LogP contribution in [0.3, 0.4) is 0 Å². The van der Waals surface area contributed by atoms with Crippen molar-refractivity contribution in [2.24, 2.45) is 5.41 Å². The molecule has 2 aliphatic heterocycles. The SMILES string of the molecule is CC(C)(C)CN1C2COCC1CC(NC(=O)n1ncc3ccccc31)C2. The van der Waals surface area contributed by atoms with Gasteiger partial charge in [-0.3, -0.25) is 4.90 Å². The number of ether oxygens (including phenoxy) is 1. The van der Waals surface area contributed by atoms with Crippen LogP contribution in [-0.2, 0) is 4.74 Å². The average molecular weight is 356 g/mol. The first-order valence-corrected chi connectivity index (χ1v) is 9.48. The first-order chi connectivity index (χ1) is 12.4. The minimum atomic E-state index is -0.139. The highest BCUT2D eigenvalue weighted by Gasteiger charge is 2.40. The molecule has 1 aromatic heterocycles. The van der Waals surface area contributed by atoms with E-state index in [0.29, 0.717) is 12.1 Å². The zero-order chi connectivity index (χ0) is 18.3. The lowest BCUT2D eigenvalue weighted by molar-refractivity contribution is -0.0905. The van der Waals surface area contributed by atoms with Crippen molar-refractivity contribution in [2.75, 3.05) is 19.8 Å². The van der Waals surface area contributed by atoms with E-state index in [2.05, 4.69) is 36.1 Å². The van der Waals surface area contributed by atoms with E-state index < -0.39 is 0 Å². The van der Waals surface area contributed by atoms with Crippen molar-refractivity contribution in [3.05, 3.63) is 30.5 Å². The molecule has 2 atom stereocenters. The van der Waals surface area contributed by atoms with Gasteiger partial charge < -0.3 is 10.1 Å². The lowest BCUT2D eigenvalue weighted by Crippen LogP contribution is -2.62. The molecule has 2 unspecified atom stereocenters. The number of rotatable bonds is 2. The third kappa shape index (κ3) is 3.48. The van der Waals surface area contributed by atoms with Crippen molar-refractivity contribution in [3.63, 3.8) is 0 Å². The highest BCUT2D eigenvalue weighted by atomic mass is 16.5. The molecule has 2 saturated heterocycles. The van der Waals surface area contributed by atoms with Crippen molar-refractivity contribution < 1.29 is 9.53 Å². The number of para-hydroxylation sites is 1. The van der Waals surface area contributed by atoms with E-state index in [9.17, 15) is 4.79 Å².